The highest BCUT2D eigenvalue weighted by atomic mass is 127. The third-order valence-electron chi connectivity index (χ3n) is 3.98. The maximum atomic E-state index is 11.7. The second kappa shape index (κ2) is 12.7. The molecule has 0 bridgehead atoms. The van der Waals surface area contributed by atoms with Crippen molar-refractivity contribution in [2.75, 3.05) is 60.0 Å². The summed E-state index contributed by atoms with van der Waals surface area (Å²) in [7, 11) is 3.48. The molecule has 1 heterocycles. The lowest BCUT2D eigenvalue weighted by molar-refractivity contribution is -0.127. The van der Waals surface area contributed by atoms with Crippen molar-refractivity contribution in [1.82, 2.24) is 20.4 Å². The molecule has 0 aromatic rings. The fraction of sp³-hybridized carbons (Fsp3) is 0.875. The van der Waals surface area contributed by atoms with Gasteiger partial charge in [-0.2, -0.15) is 0 Å². The molecule has 0 saturated carbocycles. The van der Waals surface area contributed by atoms with Crippen molar-refractivity contribution in [3.8, 4) is 0 Å². The zero-order valence-corrected chi connectivity index (χ0v) is 18.0. The van der Waals surface area contributed by atoms with Crippen LogP contribution in [0.15, 0.2) is 4.99 Å². The maximum absolute atomic E-state index is 11.7. The average Bonchev–Trinajstić information content (AvgIpc) is 2.52. The molecule has 0 aromatic carbocycles. The Kier molecular flexibility index (Phi) is 12.4. The monoisotopic (exact) mass is 455 g/mol. The van der Waals surface area contributed by atoms with Gasteiger partial charge in [-0.3, -0.25) is 9.69 Å². The van der Waals surface area contributed by atoms with E-state index in [1.54, 1.807) is 19.0 Å². The number of nitrogens with one attached hydrogen (secondary N) is 2. The summed E-state index contributed by atoms with van der Waals surface area (Å²) in [5, 5.41) is 6.58. The van der Waals surface area contributed by atoms with Crippen molar-refractivity contribution >= 4 is 35.8 Å². The van der Waals surface area contributed by atoms with Gasteiger partial charge < -0.3 is 20.3 Å². The van der Waals surface area contributed by atoms with Gasteiger partial charge in [0.15, 0.2) is 5.96 Å². The van der Waals surface area contributed by atoms with E-state index < -0.39 is 0 Å². The number of hydrogen-bond donors (Lipinski definition) is 2. The largest absolute Gasteiger partial charge is 0.379 e. The van der Waals surface area contributed by atoms with Crippen molar-refractivity contribution in [2.45, 2.75) is 26.8 Å². The first-order valence-corrected chi connectivity index (χ1v) is 8.49. The highest BCUT2D eigenvalue weighted by molar-refractivity contribution is 14.0. The van der Waals surface area contributed by atoms with Crippen molar-refractivity contribution in [3.05, 3.63) is 0 Å². The molecule has 24 heavy (non-hydrogen) atoms. The molecule has 0 radical (unpaired) electrons. The van der Waals surface area contributed by atoms with Gasteiger partial charge in [0.05, 0.1) is 13.2 Å². The Labute approximate surface area is 163 Å². The number of rotatable bonds is 7. The fourth-order valence-electron chi connectivity index (χ4n) is 2.53. The van der Waals surface area contributed by atoms with Crippen LogP contribution < -0.4 is 10.6 Å². The number of halogens is 1. The predicted octanol–water partition coefficient (Wildman–Crippen LogP) is 0.605. The lowest BCUT2D eigenvalue weighted by Crippen LogP contribution is -2.52. The topological polar surface area (TPSA) is 69.2 Å². The summed E-state index contributed by atoms with van der Waals surface area (Å²) < 4.78 is 5.44. The number of amides is 1. The standard InChI is InChI=1S/C16H33N5O2.HI/c1-6-17-16(19-12-15(22)20(4)5)18-11-14(13(2)3)21-7-9-23-10-8-21;/h13-14H,6-12H2,1-5H3,(H2,17,18,19);1H. The normalized spacial score (nSPS) is 17.2. The van der Waals surface area contributed by atoms with Crippen LogP contribution in [0.5, 0.6) is 0 Å². The van der Waals surface area contributed by atoms with E-state index in [1.165, 1.54) is 0 Å². The van der Waals surface area contributed by atoms with Gasteiger partial charge in [0, 0.05) is 46.3 Å². The molecule has 1 rings (SSSR count). The molecule has 1 atom stereocenters. The van der Waals surface area contributed by atoms with Gasteiger partial charge in [0.1, 0.15) is 6.54 Å². The number of carbonyl (C=O) groups is 1. The van der Waals surface area contributed by atoms with Gasteiger partial charge in [-0.1, -0.05) is 13.8 Å². The number of morpholine rings is 1. The molecule has 0 aromatic heterocycles. The zero-order valence-electron chi connectivity index (χ0n) is 15.7. The Hall–Kier alpha value is -0.610. The lowest BCUT2D eigenvalue weighted by atomic mass is 10.0. The summed E-state index contributed by atoms with van der Waals surface area (Å²) in [5.41, 5.74) is 0. The third kappa shape index (κ3) is 8.48. The highest BCUT2D eigenvalue weighted by Crippen LogP contribution is 2.12. The minimum absolute atomic E-state index is 0. The van der Waals surface area contributed by atoms with Gasteiger partial charge in [-0.15, -0.1) is 24.0 Å². The van der Waals surface area contributed by atoms with Crippen molar-refractivity contribution in [3.63, 3.8) is 0 Å². The van der Waals surface area contributed by atoms with Crippen LogP contribution in [0.4, 0.5) is 0 Å². The van der Waals surface area contributed by atoms with E-state index >= 15 is 0 Å². The van der Waals surface area contributed by atoms with Gasteiger partial charge >= 0.3 is 0 Å². The third-order valence-corrected chi connectivity index (χ3v) is 3.98. The number of carbonyl (C=O) groups excluding carboxylic acids is 1. The van der Waals surface area contributed by atoms with E-state index in [4.69, 9.17) is 4.74 Å². The Bertz CT molecular complexity index is 385. The van der Waals surface area contributed by atoms with Crippen LogP contribution in [-0.2, 0) is 9.53 Å². The molecular weight excluding hydrogens is 421 g/mol. The molecule has 1 aliphatic rings. The second-order valence-corrected chi connectivity index (χ2v) is 6.32. The van der Waals surface area contributed by atoms with Crippen molar-refractivity contribution in [1.29, 1.82) is 0 Å². The van der Waals surface area contributed by atoms with E-state index in [2.05, 4.69) is 34.4 Å². The molecule has 1 amide bonds. The first-order chi connectivity index (χ1) is 11.0. The average molecular weight is 455 g/mol. The first kappa shape index (κ1) is 23.4. The number of guanidine groups is 1. The summed E-state index contributed by atoms with van der Waals surface area (Å²) in [6.45, 7) is 11.8. The zero-order chi connectivity index (χ0) is 17.2. The summed E-state index contributed by atoms with van der Waals surface area (Å²) in [5.74, 6) is 1.23. The minimum atomic E-state index is -0.00390. The van der Waals surface area contributed by atoms with E-state index in [0.717, 1.165) is 39.4 Å². The lowest BCUT2D eigenvalue weighted by Gasteiger charge is -2.37. The number of ether oxygens (including phenoxy) is 1. The summed E-state index contributed by atoms with van der Waals surface area (Å²) in [6, 6.07) is 0.423. The molecule has 1 saturated heterocycles. The first-order valence-electron chi connectivity index (χ1n) is 8.49. The van der Waals surface area contributed by atoms with Crippen LogP contribution in [-0.4, -0.2) is 87.7 Å². The number of nitrogens with zero attached hydrogens (tertiary/aromatic N) is 3. The molecule has 2 N–H and O–H groups in total. The van der Waals surface area contributed by atoms with E-state index in [0.29, 0.717) is 17.9 Å². The number of hydrogen-bond acceptors (Lipinski definition) is 4. The molecule has 1 fully saturated rings. The molecule has 0 spiro atoms. The highest BCUT2D eigenvalue weighted by Gasteiger charge is 2.23. The van der Waals surface area contributed by atoms with Crippen LogP contribution in [0.1, 0.15) is 20.8 Å². The quantitative estimate of drug-likeness (QED) is 0.335. The smallest absolute Gasteiger partial charge is 0.243 e. The van der Waals surface area contributed by atoms with Gasteiger partial charge in [-0.25, -0.2) is 4.99 Å². The molecule has 7 nitrogen and oxygen atoms in total. The Morgan fingerprint density at radius 3 is 2.38 bits per heavy atom. The van der Waals surface area contributed by atoms with Gasteiger partial charge in [0.25, 0.3) is 0 Å². The molecule has 142 valence electrons. The Morgan fingerprint density at radius 1 is 1.25 bits per heavy atom. The van der Waals surface area contributed by atoms with Crippen LogP contribution >= 0.6 is 24.0 Å². The molecular formula is C16H34IN5O2. The van der Waals surface area contributed by atoms with Gasteiger partial charge in [0.2, 0.25) is 5.91 Å². The summed E-state index contributed by atoms with van der Waals surface area (Å²) in [6.07, 6.45) is 0. The maximum Gasteiger partial charge on any atom is 0.243 e. The summed E-state index contributed by atoms with van der Waals surface area (Å²) >= 11 is 0. The number of likely N-dealkylation sites (N-methyl/N-ethyl adjacent to an activating group) is 1. The van der Waals surface area contributed by atoms with Crippen molar-refractivity contribution in [2.24, 2.45) is 10.9 Å². The second-order valence-electron chi connectivity index (χ2n) is 6.32. The SMILES string of the molecule is CCNC(=NCC(=O)N(C)C)NCC(C(C)C)N1CCOCC1.I. The molecule has 8 heteroatoms. The Morgan fingerprint density at radius 2 is 1.88 bits per heavy atom. The predicted molar refractivity (Wildman–Crippen MR) is 109 cm³/mol. The minimum Gasteiger partial charge on any atom is -0.379 e. The van der Waals surface area contributed by atoms with Crippen LogP contribution in [0, 0.1) is 5.92 Å². The van der Waals surface area contributed by atoms with E-state index in [9.17, 15) is 4.79 Å². The van der Waals surface area contributed by atoms with E-state index in [1.807, 2.05) is 6.92 Å². The van der Waals surface area contributed by atoms with Crippen LogP contribution in [0.25, 0.3) is 0 Å². The van der Waals surface area contributed by atoms with Crippen LogP contribution in [0.3, 0.4) is 0 Å². The van der Waals surface area contributed by atoms with Gasteiger partial charge in [-0.05, 0) is 12.8 Å². The van der Waals surface area contributed by atoms with E-state index in [-0.39, 0.29) is 36.4 Å². The molecule has 1 unspecified atom stereocenters. The number of aliphatic imine (C=N–C) groups is 1. The molecule has 0 aliphatic carbocycles. The van der Waals surface area contributed by atoms with Crippen LogP contribution in [0.2, 0.25) is 0 Å². The molecule has 1 aliphatic heterocycles. The Balaban J connectivity index is 0.00000529. The fourth-order valence-corrected chi connectivity index (χ4v) is 2.53. The van der Waals surface area contributed by atoms with Crippen molar-refractivity contribution < 1.29 is 9.53 Å². The summed E-state index contributed by atoms with van der Waals surface area (Å²) in [4.78, 5) is 20.1.